The van der Waals surface area contributed by atoms with E-state index >= 15 is 0 Å². The average Bonchev–Trinajstić information content (AvgIpc) is 2.55. The van der Waals surface area contributed by atoms with Gasteiger partial charge in [-0.2, -0.15) is 0 Å². The number of alkyl carbamates (subject to hydrolysis) is 1. The van der Waals surface area contributed by atoms with Crippen molar-refractivity contribution in [2.75, 3.05) is 13.7 Å². The van der Waals surface area contributed by atoms with Crippen molar-refractivity contribution in [3.8, 4) is 16.9 Å². The number of benzene rings is 2. The Morgan fingerprint density at radius 2 is 1.77 bits per heavy atom. The second-order valence-corrected chi connectivity index (χ2v) is 4.48. The lowest BCUT2D eigenvalue weighted by Crippen LogP contribution is -2.30. The quantitative estimate of drug-likeness (QED) is 0.941. The number of imide groups is 1. The number of amides is 2. The molecule has 0 aliphatic carbocycles. The Kier molecular flexibility index (Phi) is 5.14. The molecule has 0 aliphatic rings. The summed E-state index contributed by atoms with van der Waals surface area (Å²) in [5, 5.41) is 2.17. The van der Waals surface area contributed by atoms with Crippen LogP contribution in [0.4, 0.5) is 4.79 Å². The van der Waals surface area contributed by atoms with E-state index in [0.717, 1.165) is 16.9 Å². The van der Waals surface area contributed by atoms with Crippen LogP contribution in [-0.4, -0.2) is 25.7 Å². The third-order valence-corrected chi connectivity index (χ3v) is 3.04. The second kappa shape index (κ2) is 7.26. The molecule has 2 aromatic carbocycles. The first-order valence-electron chi connectivity index (χ1n) is 6.86. The number of hydrogen-bond donors (Lipinski definition) is 1. The lowest BCUT2D eigenvalue weighted by Gasteiger charge is -2.07. The predicted molar refractivity (Wildman–Crippen MR) is 82.9 cm³/mol. The van der Waals surface area contributed by atoms with Crippen LogP contribution >= 0.6 is 0 Å². The van der Waals surface area contributed by atoms with E-state index in [2.05, 4.69) is 10.1 Å². The maximum atomic E-state index is 12.0. The first-order chi connectivity index (χ1) is 10.6. The summed E-state index contributed by atoms with van der Waals surface area (Å²) in [6.45, 7) is 1.89. The maximum absolute atomic E-state index is 12.0. The van der Waals surface area contributed by atoms with Crippen LogP contribution in [0.3, 0.4) is 0 Å². The number of hydrogen-bond acceptors (Lipinski definition) is 4. The first-order valence-corrected chi connectivity index (χ1v) is 6.86. The second-order valence-electron chi connectivity index (χ2n) is 4.48. The third kappa shape index (κ3) is 3.85. The van der Waals surface area contributed by atoms with Crippen LogP contribution in [0.15, 0.2) is 48.5 Å². The summed E-state index contributed by atoms with van der Waals surface area (Å²) in [5.41, 5.74) is 2.21. The summed E-state index contributed by atoms with van der Waals surface area (Å²) in [6.07, 6.45) is -0.748. The molecule has 0 aliphatic heterocycles. The van der Waals surface area contributed by atoms with Gasteiger partial charge in [0.25, 0.3) is 5.91 Å². The van der Waals surface area contributed by atoms with Crippen molar-refractivity contribution in [1.29, 1.82) is 0 Å². The standard InChI is InChI=1S/C17H17NO4/c1-3-22-17(20)18-16(19)14-6-4-5-13(11-14)12-7-9-15(21-2)10-8-12/h4-11H,3H2,1-2H3,(H,18,19,20). The van der Waals surface area contributed by atoms with Crippen molar-refractivity contribution in [3.05, 3.63) is 54.1 Å². The van der Waals surface area contributed by atoms with Gasteiger partial charge < -0.3 is 9.47 Å². The fourth-order valence-electron chi connectivity index (χ4n) is 1.96. The molecule has 0 bridgehead atoms. The Morgan fingerprint density at radius 3 is 2.41 bits per heavy atom. The van der Waals surface area contributed by atoms with E-state index in [1.807, 2.05) is 30.3 Å². The van der Waals surface area contributed by atoms with Crippen LogP contribution in [0.1, 0.15) is 17.3 Å². The maximum Gasteiger partial charge on any atom is 0.414 e. The Labute approximate surface area is 128 Å². The normalized spacial score (nSPS) is 9.91. The summed E-state index contributed by atoms with van der Waals surface area (Å²) in [4.78, 5) is 23.3. The van der Waals surface area contributed by atoms with Crippen LogP contribution in [0.5, 0.6) is 5.75 Å². The van der Waals surface area contributed by atoms with Gasteiger partial charge in [-0.1, -0.05) is 24.3 Å². The van der Waals surface area contributed by atoms with Gasteiger partial charge in [0.05, 0.1) is 13.7 Å². The molecule has 2 aromatic rings. The van der Waals surface area contributed by atoms with Crippen LogP contribution in [0.2, 0.25) is 0 Å². The minimum absolute atomic E-state index is 0.213. The summed E-state index contributed by atoms with van der Waals surface area (Å²) in [6, 6.07) is 14.5. The van der Waals surface area contributed by atoms with E-state index in [4.69, 9.17) is 4.74 Å². The summed E-state index contributed by atoms with van der Waals surface area (Å²) < 4.78 is 9.81. The van der Waals surface area contributed by atoms with E-state index < -0.39 is 12.0 Å². The van der Waals surface area contributed by atoms with Gasteiger partial charge in [0.15, 0.2) is 0 Å². The smallest absolute Gasteiger partial charge is 0.414 e. The summed E-state index contributed by atoms with van der Waals surface area (Å²) in [7, 11) is 1.61. The molecule has 5 nitrogen and oxygen atoms in total. The molecule has 0 atom stereocenters. The highest BCUT2D eigenvalue weighted by atomic mass is 16.5. The molecular formula is C17H17NO4. The molecule has 5 heteroatoms. The topological polar surface area (TPSA) is 64.6 Å². The van der Waals surface area contributed by atoms with Crippen molar-refractivity contribution in [2.45, 2.75) is 6.92 Å². The van der Waals surface area contributed by atoms with Gasteiger partial charge >= 0.3 is 6.09 Å². The Hall–Kier alpha value is -2.82. The molecule has 0 saturated heterocycles. The van der Waals surface area contributed by atoms with E-state index in [1.54, 1.807) is 32.2 Å². The van der Waals surface area contributed by atoms with Crippen LogP contribution in [-0.2, 0) is 4.74 Å². The first kappa shape index (κ1) is 15.6. The molecule has 0 aromatic heterocycles. The van der Waals surface area contributed by atoms with Gasteiger partial charge in [0.1, 0.15) is 5.75 Å². The van der Waals surface area contributed by atoms with Gasteiger partial charge in [-0.25, -0.2) is 4.79 Å². The minimum atomic E-state index is -0.748. The highest BCUT2D eigenvalue weighted by Gasteiger charge is 2.11. The number of methoxy groups -OCH3 is 1. The minimum Gasteiger partial charge on any atom is -0.497 e. The van der Waals surface area contributed by atoms with Gasteiger partial charge in [0.2, 0.25) is 0 Å². The predicted octanol–water partition coefficient (Wildman–Crippen LogP) is 3.25. The van der Waals surface area contributed by atoms with E-state index in [-0.39, 0.29) is 6.61 Å². The van der Waals surface area contributed by atoms with Crippen molar-refractivity contribution < 1.29 is 19.1 Å². The number of rotatable bonds is 4. The summed E-state index contributed by atoms with van der Waals surface area (Å²) in [5.74, 6) is 0.272. The van der Waals surface area contributed by atoms with Crippen molar-refractivity contribution in [3.63, 3.8) is 0 Å². The number of nitrogens with one attached hydrogen (secondary N) is 1. The van der Waals surface area contributed by atoms with E-state index in [0.29, 0.717) is 5.56 Å². The number of carbonyl (C=O) groups is 2. The van der Waals surface area contributed by atoms with Crippen molar-refractivity contribution in [2.24, 2.45) is 0 Å². The number of carbonyl (C=O) groups excluding carboxylic acids is 2. The van der Waals surface area contributed by atoms with Crippen molar-refractivity contribution in [1.82, 2.24) is 5.32 Å². The largest absolute Gasteiger partial charge is 0.497 e. The van der Waals surface area contributed by atoms with Gasteiger partial charge in [0, 0.05) is 5.56 Å². The van der Waals surface area contributed by atoms with Crippen LogP contribution < -0.4 is 10.1 Å². The van der Waals surface area contributed by atoms with Gasteiger partial charge in [-0.15, -0.1) is 0 Å². The zero-order chi connectivity index (χ0) is 15.9. The lowest BCUT2D eigenvalue weighted by atomic mass is 10.0. The summed E-state index contributed by atoms with van der Waals surface area (Å²) >= 11 is 0. The number of ether oxygens (including phenoxy) is 2. The molecule has 0 fully saturated rings. The molecule has 22 heavy (non-hydrogen) atoms. The Bertz CT molecular complexity index is 665. The molecule has 0 radical (unpaired) electrons. The highest BCUT2D eigenvalue weighted by molar-refractivity contribution is 6.03. The molecular weight excluding hydrogens is 282 g/mol. The zero-order valence-corrected chi connectivity index (χ0v) is 12.5. The average molecular weight is 299 g/mol. The zero-order valence-electron chi connectivity index (χ0n) is 12.5. The molecule has 114 valence electrons. The van der Waals surface area contributed by atoms with E-state index in [1.165, 1.54) is 0 Å². The van der Waals surface area contributed by atoms with Crippen LogP contribution in [0.25, 0.3) is 11.1 Å². The molecule has 0 saturated carbocycles. The fraction of sp³-hybridized carbons (Fsp3) is 0.176. The lowest BCUT2D eigenvalue weighted by molar-refractivity contribution is 0.0925. The molecule has 2 amide bonds. The highest BCUT2D eigenvalue weighted by Crippen LogP contribution is 2.23. The van der Waals surface area contributed by atoms with E-state index in [9.17, 15) is 9.59 Å². The fourth-order valence-corrected chi connectivity index (χ4v) is 1.96. The van der Waals surface area contributed by atoms with Gasteiger partial charge in [-0.3, -0.25) is 10.1 Å². The molecule has 0 spiro atoms. The van der Waals surface area contributed by atoms with Crippen LogP contribution in [0, 0.1) is 0 Å². The molecule has 1 N–H and O–H groups in total. The third-order valence-electron chi connectivity index (χ3n) is 3.04. The van der Waals surface area contributed by atoms with Crippen molar-refractivity contribution >= 4 is 12.0 Å². The SMILES string of the molecule is CCOC(=O)NC(=O)c1cccc(-c2ccc(OC)cc2)c1. The molecule has 2 rings (SSSR count). The Balaban J connectivity index is 2.18. The molecule has 0 unspecified atom stereocenters. The Morgan fingerprint density at radius 1 is 1.05 bits per heavy atom. The van der Waals surface area contributed by atoms with Gasteiger partial charge in [-0.05, 0) is 42.3 Å². The monoisotopic (exact) mass is 299 g/mol. The molecule has 0 heterocycles.